The van der Waals surface area contributed by atoms with Gasteiger partial charge in [-0.1, -0.05) is 30.0 Å². The van der Waals surface area contributed by atoms with Crippen LogP contribution in [-0.2, 0) is 9.59 Å². The molecule has 4 rings (SSSR count). The Morgan fingerprint density at radius 3 is 2.80 bits per heavy atom. The van der Waals surface area contributed by atoms with Crippen LogP contribution in [0.15, 0.2) is 46.9 Å². The van der Waals surface area contributed by atoms with Crippen molar-refractivity contribution in [3.8, 4) is 10.7 Å². The van der Waals surface area contributed by atoms with E-state index in [1.165, 1.54) is 29.5 Å². The molecule has 30 heavy (non-hydrogen) atoms. The van der Waals surface area contributed by atoms with E-state index in [1.807, 2.05) is 17.5 Å². The van der Waals surface area contributed by atoms with Gasteiger partial charge in [-0.25, -0.2) is 4.98 Å². The number of hydrogen-bond acceptors (Lipinski definition) is 6. The van der Waals surface area contributed by atoms with Crippen LogP contribution in [0.3, 0.4) is 0 Å². The smallest absolute Gasteiger partial charge is 0.324 e. The van der Waals surface area contributed by atoms with Gasteiger partial charge in [0.05, 0.1) is 28.4 Å². The molecule has 0 aliphatic carbocycles. The zero-order valence-corrected chi connectivity index (χ0v) is 16.8. The van der Waals surface area contributed by atoms with Gasteiger partial charge in [0, 0.05) is 0 Å². The van der Waals surface area contributed by atoms with Crippen molar-refractivity contribution >= 4 is 46.3 Å². The number of nitrogens with zero attached hydrogens (tertiary/aromatic N) is 3. The van der Waals surface area contributed by atoms with Gasteiger partial charge in [-0.3, -0.25) is 19.6 Å². The number of rotatable bonds is 4. The number of para-hydroxylation sites is 2. The Morgan fingerprint density at radius 2 is 2.07 bits per heavy atom. The zero-order chi connectivity index (χ0) is 21.3. The Hall–Kier alpha value is -2.86. The van der Waals surface area contributed by atoms with E-state index in [-0.39, 0.29) is 22.3 Å². The maximum atomic E-state index is 13.7. The molecule has 0 bridgehead atoms. The number of carbonyl (C=O) groups is 2. The lowest BCUT2D eigenvalue weighted by molar-refractivity contribution is -0.157. The highest BCUT2D eigenvalue weighted by Gasteiger charge is 2.48. The second-order valence-electron chi connectivity index (χ2n) is 6.32. The third-order valence-corrected chi connectivity index (χ3v) is 6.03. The fraction of sp³-hybridized carbons (Fsp3) is 0.222. The number of hydrogen-bond donors (Lipinski definition) is 2. The Bertz CT molecular complexity index is 1070. The SMILES string of the molecule is O=C1C[C@H](C(F)(F)F)N(C(=O)CSc2n[nH]c(-c3cccs3)n2)c2ccccc2N1. The molecule has 1 aromatic carbocycles. The van der Waals surface area contributed by atoms with E-state index in [0.29, 0.717) is 10.7 Å². The van der Waals surface area contributed by atoms with Crippen LogP contribution >= 0.6 is 23.1 Å². The molecule has 2 N–H and O–H groups in total. The van der Waals surface area contributed by atoms with Crippen LogP contribution < -0.4 is 10.2 Å². The highest BCUT2D eigenvalue weighted by Crippen LogP contribution is 2.38. The molecule has 156 valence electrons. The van der Waals surface area contributed by atoms with E-state index in [1.54, 1.807) is 6.07 Å². The van der Waals surface area contributed by atoms with Crippen molar-refractivity contribution in [1.82, 2.24) is 15.2 Å². The number of aromatic amines is 1. The molecule has 0 fully saturated rings. The Labute approximate surface area is 176 Å². The molecule has 1 aliphatic rings. The minimum atomic E-state index is -4.77. The van der Waals surface area contributed by atoms with E-state index in [9.17, 15) is 22.8 Å². The summed E-state index contributed by atoms with van der Waals surface area (Å²) in [5.41, 5.74) is 0.163. The van der Waals surface area contributed by atoms with Gasteiger partial charge >= 0.3 is 6.18 Å². The Kier molecular flexibility index (Phi) is 5.52. The maximum absolute atomic E-state index is 13.7. The lowest BCUT2D eigenvalue weighted by atomic mass is 10.1. The summed E-state index contributed by atoms with van der Waals surface area (Å²) in [4.78, 5) is 30.6. The minimum absolute atomic E-state index is 0.00513. The summed E-state index contributed by atoms with van der Waals surface area (Å²) in [7, 11) is 0. The van der Waals surface area contributed by atoms with E-state index in [2.05, 4.69) is 20.5 Å². The van der Waals surface area contributed by atoms with Crippen molar-refractivity contribution < 1.29 is 22.8 Å². The normalized spacial score (nSPS) is 16.7. The molecule has 2 aromatic heterocycles. The summed E-state index contributed by atoms with van der Waals surface area (Å²) in [5.74, 6) is -1.41. The second kappa shape index (κ2) is 8.11. The molecular weight excluding hydrogens is 439 g/mol. The average Bonchev–Trinajstić information content (AvgIpc) is 3.35. The van der Waals surface area contributed by atoms with Crippen molar-refractivity contribution in [2.24, 2.45) is 0 Å². The number of carbonyl (C=O) groups excluding carboxylic acids is 2. The summed E-state index contributed by atoms with van der Waals surface area (Å²) in [6, 6.07) is 7.36. The summed E-state index contributed by atoms with van der Waals surface area (Å²) in [6.07, 6.45) is -5.65. The summed E-state index contributed by atoms with van der Waals surface area (Å²) >= 11 is 2.37. The van der Waals surface area contributed by atoms with Crippen molar-refractivity contribution in [2.45, 2.75) is 23.8 Å². The summed E-state index contributed by atoms with van der Waals surface area (Å²) in [6.45, 7) is 0. The number of halogens is 3. The second-order valence-corrected chi connectivity index (χ2v) is 8.21. The number of nitrogens with one attached hydrogen (secondary N) is 2. The van der Waals surface area contributed by atoms with E-state index in [0.717, 1.165) is 16.6 Å². The maximum Gasteiger partial charge on any atom is 0.409 e. The average molecular weight is 453 g/mol. The highest BCUT2D eigenvalue weighted by molar-refractivity contribution is 7.99. The third kappa shape index (κ3) is 4.19. The first-order valence-electron chi connectivity index (χ1n) is 8.69. The van der Waals surface area contributed by atoms with Crippen molar-refractivity contribution in [1.29, 1.82) is 0 Å². The lowest BCUT2D eigenvalue weighted by Crippen LogP contribution is -2.50. The van der Waals surface area contributed by atoms with Gasteiger partial charge in [-0.15, -0.1) is 16.4 Å². The number of aromatic nitrogens is 3. The summed E-state index contributed by atoms with van der Waals surface area (Å²) in [5, 5.41) is 11.3. The van der Waals surface area contributed by atoms with Crippen LogP contribution in [0.25, 0.3) is 10.7 Å². The molecular formula is C18H14F3N5O2S2. The predicted molar refractivity (Wildman–Crippen MR) is 107 cm³/mol. The van der Waals surface area contributed by atoms with Crippen LogP contribution in [0.1, 0.15) is 6.42 Å². The Balaban J connectivity index is 1.58. The van der Waals surface area contributed by atoms with Crippen LogP contribution in [0, 0.1) is 0 Å². The minimum Gasteiger partial charge on any atom is -0.324 e. The van der Waals surface area contributed by atoms with Crippen LogP contribution in [0.5, 0.6) is 0 Å². The Morgan fingerprint density at radius 1 is 1.27 bits per heavy atom. The van der Waals surface area contributed by atoms with Crippen molar-refractivity contribution in [2.75, 3.05) is 16.0 Å². The van der Waals surface area contributed by atoms with Gasteiger partial charge in [0.2, 0.25) is 17.0 Å². The largest absolute Gasteiger partial charge is 0.409 e. The lowest BCUT2D eigenvalue weighted by Gasteiger charge is -2.31. The summed E-state index contributed by atoms with van der Waals surface area (Å²) < 4.78 is 41.1. The van der Waals surface area contributed by atoms with Crippen molar-refractivity contribution in [3.63, 3.8) is 0 Å². The molecule has 7 nitrogen and oxygen atoms in total. The van der Waals surface area contributed by atoms with Gasteiger partial charge in [0.1, 0.15) is 6.04 Å². The zero-order valence-electron chi connectivity index (χ0n) is 15.1. The molecule has 12 heteroatoms. The molecule has 3 aromatic rings. The van der Waals surface area contributed by atoms with Gasteiger partial charge in [-0.05, 0) is 23.6 Å². The molecule has 0 spiro atoms. The quantitative estimate of drug-likeness (QED) is 0.584. The number of alkyl halides is 3. The van der Waals surface area contributed by atoms with E-state index in [4.69, 9.17) is 0 Å². The van der Waals surface area contributed by atoms with Crippen LogP contribution in [0.2, 0.25) is 0 Å². The number of thioether (sulfide) groups is 1. The highest BCUT2D eigenvalue weighted by atomic mass is 32.2. The predicted octanol–water partition coefficient (Wildman–Crippen LogP) is 3.93. The topological polar surface area (TPSA) is 91.0 Å². The number of anilines is 2. The third-order valence-electron chi connectivity index (χ3n) is 4.32. The molecule has 0 saturated heterocycles. The van der Waals surface area contributed by atoms with Gasteiger partial charge in [0.15, 0.2) is 5.82 Å². The molecule has 1 atom stereocenters. The van der Waals surface area contributed by atoms with Gasteiger partial charge in [0.25, 0.3) is 0 Å². The number of H-pyrrole nitrogens is 1. The number of thiophene rings is 1. The standard InChI is InChI=1S/C18H14F3N5O2S2/c19-18(20,21)13-8-14(27)22-10-4-1-2-5-11(10)26(13)15(28)9-30-17-23-16(24-25-17)12-6-3-7-29-12/h1-7,13H,8-9H2,(H,22,27)(H,23,24,25)/t13-/m1/s1. The number of benzene rings is 1. The first-order chi connectivity index (χ1) is 14.3. The first kappa shape index (κ1) is 20.4. The first-order valence-corrected chi connectivity index (χ1v) is 10.6. The fourth-order valence-electron chi connectivity index (χ4n) is 3.03. The molecule has 0 saturated carbocycles. The number of fused-ring (bicyclic) bond motifs is 1. The number of amides is 2. The van der Waals surface area contributed by atoms with Crippen molar-refractivity contribution in [3.05, 3.63) is 41.8 Å². The molecule has 3 heterocycles. The molecule has 2 amide bonds. The van der Waals surface area contributed by atoms with Gasteiger partial charge < -0.3 is 5.32 Å². The molecule has 0 unspecified atom stereocenters. The molecule has 0 radical (unpaired) electrons. The van der Waals surface area contributed by atoms with Crippen LogP contribution in [-0.4, -0.2) is 45.0 Å². The fourth-order valence-corrected chi connectivity index (χ4v) is 4.35. The van der Waals surface area contributed by atoms with E-state index < -0.39 is 30.5 Å². The molecule has 1 aliphatic heterocycles. The van der Waals surface area contributed by atoms with E-state index >= 15 is 0 Å². The monoisotopic (exact) mass is 453 g/mol. The van der Waals surface area contributed by atoms with Crippen LogP contribution in [0.4, 0.5) is 24.5 Å². The van der Waals surface area contributed by atoms with Gasteiger partial charge in [-0.2, -0.15) is 13.2 Å².